The lowest BCUT2D eigenvalue weighted by molar-refractivity contribution is -0.122. The minimum Gasteiger partial charge on any atom is -0.327 e. The van der Waals surface area contributed by atoms with Gasteiger partial charge in [-0.3, -0.25) is 4.79 Å². The number of nitrogens with two attached hydrogens (primary N) is 1. The van der Waals surface area contributed by atoms with Gasteiger partial charge in [0.05, 0.1) is 0 Å². The van der Waals surface area contributed by atoms with Crippen LogP contribution in [-0.4, -0.2) is 11.8 Å². The van der Waals surface area contributed by atoms with Crippen LogP contribution in [0.2, 0.25) is 0 Å². The third-order valence-electron chi connectivity index (χ3n) is 3.36. The Bertz CT molecular complexity index is 433. The topological polar surface area (TPSA) is 43.1 Å². The zero-order chi connectivity index (χ0) is 12.4. The van der Waals surface area contributed by atoms with Crippen LogP contribution in [0.1, 0.15) is 24.8 Å². The molecule has 1 saturated carbocycles. The van der Waals surface area contributed by atoms with Crippen LogP contribution in [0.15, 0.2) is 18.2 Å². The maximum absolute atomic E-state index is 13.4. The van der Waals surface area contributed by atoms with Crippen molar-refractivity contribution in [2.45, 2.75) is 31.7 Å². The van der Waals surface area contributed by atoms with Gasteiger partial charge >= 0.3 is 0 Å². The molecule has 0 aromatic heterocycles. The molecule has 1 aliphatic rings. The Morgan fingerprint density at radius 2 is 2.12 bits per heavy atom. The minimum atomic E-state index is -0.662. The van der Waals surface area contributed by atoms with Gasteiger partial charge in [0.15, 0.2) is 0 Å². The Morgan fingerprint density at radius 1 is 1.35 bits per heavy atom. The zero-order valence-electron chi connectivity index (χ0n) is 9.46. The van der Waals surface area contributed by atoms with Crippen LogP contribution in [-0.2, 0) is 11.2 Å². The molecule has 0 saturated heterocycles. The van der Waals surface area contributed by atoms with Crippen LogP contribution in [0.4, 0.5) is 8.78 Å². The van der Waals surface area contributed by atoms with Gasteiger partial charge in [-0.05, 0) is 24.5 Å². The second kappa shape index (κ2) is 4.92. The number of Topliss-reactive ketones (excluding diaryl/α,β-unsaturated/α-hetero) is 1. The summed E-state index contributed by atoms with van der Waals surface area (Å²) >= 11 is 0. The van der Waals surface area contributed by atoms with Gasteiger partial charge in [0.2, 0.25) is 0 Å². The van der Waals surface area contributed by atoms with Crippen molar-refractivity contribution >= 4 is 5.78 Å². The van der Waals surface area contributed by atoms with Gasteiger partial charge in [0, 0.05) is 24.4 Å². The van der Waals surface area contributed by atoms with Gasteiger partial charge in [-0.2, -0.15) is 0 Å². The number of hydrogen-bond donors (Lipinski definition) is 1. The molecule has 17 heavy (non-hydrogen) atoms. The highest BCUT2D eigenvalue weighted by Crippen LogP contribution is 2.26. The Kier molecular flexibility index (Phi) is 3.52. The van der Waals surface area contributed by atoms with Crippen LogP contribution < -0.4 is 5.73 Å². The van der Waals surface area contributed by atoms with E-state index in [1.54, 1.807) is 0 Å². The van der Waals surface area contributed by atoms with Crippen LogP contribution in [0, 0.1) is 17.6 Å². The maximum Gasteiger partial charge on any atom is 0.141 e. The molecule has 1 aliphatic carbocycles. The first-order valence-electron chi connectivity index (χ1n) is 5.80. The molecule has 0 radical (unpaired) electrons. The average molecular weight is 239 g/mol. The van der Waals surface area contributed by atoms with Crippen molar-refractivity contribution in [2.24, 2.45) is 11.7 Å². The molecule has 1 aromatic carbocycles. The predicted molar refractivity (Wildman–Crippen MR) is 60.4 cm³/mol. The Morgan fingerprint density at radius 3 is 2.71 bits per heavy atom. The van der Waals surface area contributed by atoms with Gasteiger partial charge < -0.3 is 5.73 Å². The number of carbonyl (C=O) groups excluding carboxylic acids is 1. The number of hydrogen-bond acceptors (Lipinski definition) is 2. The fourth-order valence-electron chi connectivity index (χ4n) is 2.37. The summed E-state index contributed by atoms with van der Waals surface area (Å²) in [5.41, 5.74) is 6.07. The van der Waals surface area contributed by atoms with E-state index in [-0.39, 0.29) is 29.7 Å². The quantitative estimate of drug-likeness (QED) is 0.878. The Balaban J connectivity index is 2.07. The fraction of sp³-hybridized carbons (Fsp3) is 0.462. The van der Waals surface area contributed by atoms with E-state index >= 15 is 0 Å². The molecule has 2 N–H and O–H groups in total. The summed E-state index contributed by atoms with van der Waals surface area (Å²) < 4.78 is 26.1. The van der Waals surface area contributed by atoms with E-state index in [9.17, 15) is 13.6 Å². The van der Waals surface area contributed by atoms with E-state index in [0.29, 0.717) is 0 Å². The lowest BCUT2D eigenvalue weighted by Crippen LogP contribution is -2.31. The molecular formula is C13H15F2NO. The molecule has 2 rings (SSSR count). The van der Waals surface area contributed by atoms with Gasteiger partial charge in [-0.25, -0.2) is 8.78 Å². The van der Waals surface area contributed by atoms with Crippen LogP contribution in [0.3, 0.4) is 0 Å². The molecule has 92 valence electrons. The molecule has 2 nitrogen and oxygen atoms in total. The first kappa shape index (κ1) is 12.2. The summed E-state index contributed by atoms with van der Waals surface area (Å²) in [7, 11) is 0. The van der Waals surface area contributed by atoms with Crippen LogP contribution >= 0.6 is 0 Å². The fourth-order valence-corrected chi connectivity index (χ4v) is 2.37. The van der Waals surface area contributed by atoms with E-state index in [1.807, 2.05) is 0 Å². The van der Waals surface area contributed by atoms with Gasteiger partial charge in [0.1, 0.15) is 17.4 Å². The Hall–Kier alpha value is -1.29. The number of carbonyl (C=O) groups is 1. The van der Waals surface area contributed by atoms with Gasteiger partial charge in [0.25, 0.3) is 0 Å². The molecule has 2 unspecified atom stereocenters. The van der Waals surface area contributed by atoms with Crippen molar-refractivity contribution < 1.29 is 13.6 Å². The first-order chi connectivity index (χ1) is 8.08. The third kappa shape index (κ3) is 2.69. The highest BCUT2D eigenvalue weighted by Gasteiger charge is 2.30. The number of ketones is 1. The summed E-state index contributed by atoms with van der Waals surface area (Å²) in [6.45, 7) is 0. The lowest BCUT2D eigenvalue weighted by atomic mass is 9.94. The molecule has 2 atom stereocenters. The minimum absolute atomic E-state index is 0.00444. The summed E-state index contributed by atoms with van der Waals surface area (Å²) in [4.78, 5) is 11.9. The molecule has 0 aliphatic heterocycles. The Labute approximate surface area is 98.8 Å². The predicted octanol–water partition coefficient (Wildman–Crippen LogP) is 2.20. The van der Waals surface area contributed by atoms with E-state index in [2.05, 4.69) is 0 Å². The van der Waals surface area contributed by atoms with E-state index < -0.39 is 11.6 Å². The second-order valence-electron chi connectivity index (χ2n) is 4.58. The lowest BCUT2D eigenvalue weighted by Gasteiger charge is -2.14. The summed E-state index contributed by atoms with van der Waals surface area (Å²) in [5, 5.41) is 0. The SMILES string of the molecule is NC1CCCC1C(=O)Cc1ccc(F)cc1F. The van der Waals surface area contributed by atoms with Crippen LogP contribution in [0.25, 0.3) is 0 Å². The van der Waals surface area contributed by atoms with Crippen molar-refractivity contribution in [1.29, 1.82) is 0 Å². The first-order valence-corrected chi connectivity index (χ1v) is 5.80. The molecule has 0 bridgehead atoms. The second-order valence-corrected chi connectivity index (χ2v) is 4.58. The monoisotopic (exact) mass is 239 g/mol. The largest absolute Gasteiger partial charge is 0.327 e. The van der Waals surface area contributed by atoms with E-state index in [1.165, 1.54) is 12.1 Å². The average Bonchev–Trinajstić information content (AvgIpc) is 2.68. The molecule has 0 heterocycles. The summed E-state index contributed by atoms with van der Waals surface area (Å²) in [6, 6.07) is 3.19. The number of benzene rings is 1. The summed E-state index contributed by atoms with van der Waals surface area (Å²) in [5.74, 6) is -1.50. The normalized spacial score (nSPS) is 23.9. The van der Waals surface area contributed by atoms with Crippen molar-refractivity contribution in [3.63, 3.8) is 0 Å². The van der Waals surface area contributed by atoms with Crippen LogP contribution in [0.5, 0.6) is 0 Å². The molecule has 1 fully saturated rings. The standard InChI is InChI=1S/C13H15F2NO/c14-9-5-4-8(11(15)7-9)6-13(17)10-2-1-3-12(10)16/h4-5,7,10,12H,1-3,6,16H2. The van der Waals surface area contributed by atoms with Crippen molar-refractivity contribution in [2.75, 3.05) is 0 Å². The molecular weight excluding hydrogens is 224 g/mol. The van der Waals surface area contributed by atoms with E-state index in [4.69, 9.17) is 5.73 Å². The van der Waals surface area contributed by atoms with Crippen molar-refractivity contribution in [3.05, 3.63) is 35.4 Å². The van der Waals surface area contributed by atoms with Gasteiger partial charge in [-0.1, -0.05) is 12.5 Å². The summed E-state index contributed by atoms with van der Waals surface area (Å²) in [6.07, 6.45) is 2.58. The van der Waals surface area contributed by atoms with Gasteiger partial charge in [-0.15, -0.1) is 0 Å². The highest BCUT2D eigenvalue weighted by molar-refractivity contribution is 5.84. The number of rotatable bonds is 3. The third-order valence-corrected chi connectivity index (χ3v) is 3.36. The zero-order valence-corrected chi connectivity index (χ0v) is 9.46. The molecule has 0 spiro atoms. The highest BCUT2D eigenvalue weighted by atomic mass is 19.1. The molecule has 4 heteroatoms. The van der Waals surface area contributed by atoms with Crippen molar-refractivity contribution in [3.8, 4) is 0 Å². The molecule has 0 amide bonds. The number of halogens is 2. The van der Waals surface area contributed by atoms with E-state index in [0.717, 1.165) is 25.3 Å². The maximum atomic E-state index is 13.4. The van der Waals surface area contributed by atoms with Crippen molar-refractivity contribution in [1.82, 2.24) is 0 Å². The smallest absolute Gasteiger partial charge is 0.141 e. The molecule has 1 aromatic rings.